The van der Waals surface area contributed by atoms with Crippen molar-refractivity contribution in [3.8, 4) is 0 Å². The number of sulfonamides is 1. The van der Waals surface area contributed by atoms with Crippen LogP contribution in [0.3, 0.4) is 0 Å². The Labute approximate surface area is 352 Å². The number of anilines is 1. The third-order valence-electron chi connectivity index (χ3n) is 9.69. The van der Waals surface area contributed by atoms with Crippen LogP contribution in [-0.2, 0) is 43.6 Å². The van der Waals surface area contributed by atoms with Crippen molar-refractivity contribution in [2.45, 2.75) is 128 Å². The van der Waals surface area contributed by atoms with Crippen LogP contribution in [0.1, 0.15) is 110 Å². The highest BCUT2D eigenvalue weighted by atomic mass is 32.2. The number of nitrogens with one attached hydrogen (secondary N) is 7. The first-order valence-electron chi connectivity index (χ1n) is 19.8. The van der Waals surface area contributed by atoms with E-state index in [-0.39, 0.29) is 41.9 Å². The molecule has 2 heterocycles. The van der Waals surface area contributed by atoms with Crippen LogP contribution < -0.4 is 36.6 Å². The Kier molecular flexibility index (Phi) is 19.1. The molecule has 0 bridgehead atoms. The average Bonchev–Trinajstić information content (AvgIpc) is 3.69. The van der Waals surface area contributed by atoms with Crippen LogP contribution in [0.15, 0.2) is 22.9 Å². The minimum absolute atomic E-state index is 0.00904. The number of hydrogen-bond acceptors (Lipinski definition) is 15. The van der Waals surface area contributed by atoms with Crippen LogP contribution in [0.25, 0.3) is 0 Å². The summed E-state index contributed by atoms with van der Waals surface area (Å²) in [5.74, 6) is -7.16. The van der Waals surface area contributed by atoms with Crippen molar-refractivity contribution in [1.29, 1.82) is 0 Å². The molecule has 7 amide bonds. The number of amides is 7. The van der Waals surface area contributed by atoms with Gasteiger partial charge in [0.25, 0.3) is 32.1 Å². The van der Waals surface area contributed by atoms with Crippen LogP contribution in [-0.4, -0.2) is 106 Å². The normalized spacial score (nSPS) is 15.6. The Bertz CT molecular complexity index is 1960. The second-order valence-electron chi connectivity index (χ2n) is 15.0. The van der Waals surface area contributed by atoms with Gasteiger partial charge in [-0.2, -0.15) is 8.42 Å². The third kappa shape index (κ3) is 15.3. The van der Waals surface area contributed by atoms with Gasteiger partial charge in [-0.25, -0.2) is 9.71 Å². The Balaban J connectivity index is 1.71. The predicted molar refractivity (Wildman–Crippen MR) is 217 cm³/mol. The van der Waals surface area contributed by atoms with Crippen molar-refractivity contribution in [3.05, 3.63) is 24.3 Å². The first kappa shape index (κ1) is 48.9. The fraction of sp³-hybridized carbons (Fsp3) is 0.622. The number of carbonyl (C=O) groups excluding carboxylic acids is 8. The van der Waals surface area contributed by atoms with Crippen molar-refractivity contribution in [3.63, 3.8) is 0 Å². The molecule has 0 spiro atoms. The molecule has 3 rings (SSSR count). The summed E-state index contributed by atoms with van der Waals surface area (Å²) in [6.07, 6.45) is 9.39. The summed E-state index contributed by atoms with van der Waals surface area (Å²) in [4.78, 5) is 112. The number of ketones is 1. The van der Waals surface area contributed by atoms with Gasteiger partial charge in [0.05, 0.1) is 18.8 Å². The maximum atomic E-state index is 14.1. The van der Waals surface area contributed by atoms with Gasteiger partial charge in [-0.1, -0.05) is 84.5 Å². The lowest BCUT2D eigenvalue weighted by Crippen LogP contribution is -2.60. The highest BCUT2D eigenvalue weighted by molar-refractivity contribution is 7.92. The molecule has 0 aromatic carbocycles. The zero-order valence-corrected chi connectivity index (χ0v) is 36.2. The lowest BCUT2D eigenvalue weighted by atomic mass is 9.84. The van der Waals surface area contributed by atoms with Crippen LogP contribution in [0.4, 0.5) is 5.13 Å². The van der Waals surface area contributed by atoms with Gasteiger partial charge in [0.1, 0.15) is 23.8 Å². The molecule has 7 N–H and O–H groups in total. The number of carbonyl (C=O) groups is 8. The van der Waals surface area contributed by atoms with Gasteiger partial charge in [-0.3, -0.25) is 43.3 Å². The highest BCUT2D eigenvalue weighted by Crippen LogP contribution is 2.28. The van der Waals surface area contributed by atoms with Crippen LogP contribution in [0, 0.1) is 17.8 Å². The zero-order chi connectivity index (χ0) is 44.6. The summed E-state index contributed by atoms with van der Waals surface area (Å²) in [7, 11) is -4.53. The molecule has 1 aliphatic carbocycles. The van der Waals surface area contributed by atoms with Crippen molar-refractivity contribution in [2.75, 3.05) is 11.9 Å². The van der Waals surface area contributed by atoms with Crippen LogP contribution in [0.5, 0.6) is 0 Å². The first-order chi connectivity index (χ1) is 28.3. The summed E-state index contributed by atoms with van der Waals surface area (Å²) in [5.41, 5.74) is 0.00904. The van der Waals surface area contributed by atoms with E-state index in [4.69, 9.17) is 0 Å². The molecule has 5 atom stereocenters. The molecule has 330 valence electrons. The maximum Gasteiger partial charge on any atom is 0.293 e. The van der Waals surface area contributed by atoms with E-state index in [1.54, 1.807) is 11.6 Å². The summed E-state index contributed by atoms with van der Waals surface area (Å²) >= 11 is 0.478. The van der Waals surface area contributed by atoms with E-state index in [1.165, 1.54) is 32.4 Å². The smallest absolute Gasteiger partial charge is 0.293 e. The van der Waals surface area contributed by atoms with E-state index >= 15 is 0 Å². The monoisotopic (exact) mass is 877 g/mol. The summed E-state index contributed by atoms with van der Waals surface area (Å²) < 4.78 is 26.1. The van der Waals surface area contributed by atoms with Gasteiger partial charge in [-0.05, 0) is 37.0 Å². The number of hydrogen-bond donors (Lipinski definition) is 7. The van der Waals surface area contributed by atoms with Gasteiger partial charge in [-0.15, -0.1) is 10.2 Å². The van der Waals surface area contributed by atoms with Gasteiger partial charge >= 0.3 is 0 Å². The fourth-order valence-corrected chi connectivity index (χ4v) is 8.27. The number of rotatable bonds is 22. The van der Waals surface area contributed by atoms with E-state index in [9.17, 15) is 46.8 Å². The fourth-order valence-electron chi connectivity index (χ4n) is 6.34. The standard InChI is InChI=1S/C37H55N11O10S2/c1-7-21(5)29(45-32(53)25(16-20(3)4)43-33(54)27-18-38-14-15-39-27)34(55)44-26(17-23-12-10-9-11-13-23)31(52)42-24(8-2)30(51)35(56)40-19-28(50)48-60(57,58)37-47-46-36(59-37)41-22(6)49/h14-15,18,20-21,23-26,29H,7-13,16-17,19H2,1-6H3,(H,40,56)(H,42,52)(H,43,54)(H,44,55)(H,45,53)(H,48,50)(H,41,46,49)/t21-,24-,25-,26-,29?/m0/s1. The van der Waals surface area contributed by atoms with Crippen LogP contribution in [0.2, 0.25) is 0 Å². The lowest BCUT2D eigenvalue weighted by Gasteiger charge is -2.31. The first-order valence-corrected chi connectivity index (χ1v) is 22.1. The molecule has 1 saturated carbocycles. The molecule has 1 aliphatic rings. The van der Waals surface area contributed by atoms with Gasteiger partial charge < -0.3 is 31.9 Å². The topological polar surface area (TPSA) is 306 Å². The summed E-state index contributed by atoms with van der Waals surface area (Å²) in [6, 6.07) is -4.71. The molecule has 2 aromatic heterocycles. The van der Waals surface area contributed by atoms with E-state index in [0.29, 0.717) is 17.8 Å². The van der Waals surface area contributed by atoms with Crippen LogP contribution >= 0.6 is 11.3 Å². The minimum Gasteiger partial charge on any atom is -0.344 e. The van der Waals surface area contributed by atoms with E-state index in [2.05, 4.69) is 46.7 Å². The Morgan fingerprint density at radius 1 is 0.817 bits per heavy atom. The Hall–Kier alpha value is -5.45. The predicted octanol–water partition coefficient (Wildman–Crippen LogP) is 0.502. The summed E-state index contributed by atoms with van der Waals surface area (Å²) in [5, 5.41) is 21.9. The molecular formula is C37H55N11O10S2. The molecule has 0 saturated heterocycles. The van der Waals surface area contributed by atoms with Crippen molar-refractivity contribution >= 4 is 73.6 Å². The molecule has 23 heteroatoms. The number of Topliss-reactive ketones (excluding diaryl/α,β-unsaturated/α-hetero) is 1. The molecular weight excluding hydrogens is 823 g/mol. The molecule has 2 aromatic rings. The highest BCUT2D eigenvalue weighted by Gasteiger charge is 2.36. The summed E-state index contributed by atoms with van der Waals surface area (Å²) in [6.45, 7) is 9.12. The SMILES string of the molecule is CC[C@H](NC(=O)[C@H](CC1CCCCC1)NC(=O)C(NC(=O)[C@H](CC(C)C)NC(=O)c1cnccn1)[C@@H](C)CC)C(=O)C(=O)NCC(=O)NS(=O)(=O)c1nnc(NC(C)=O)s1. The second-order valence-corrected chi connectivity index (χ2v) is 17.9. The van der Waals surface area contributed by atoms with E-state index in [1.807, 2.05) is 26.1 Å². The average molecular weight is 878 g/mol. The Morgan fingerprint density at radius 2 is 1.48 bits per heavy atom. The van der Waals surface area contributed by atoms with Gasteiger partial charge in [0.15, 0.2) is 0 Å². The minimum atomic E-state index is -4.53. The zero-order valence-electron chi connectivity index (χ0n) is 34.5. The molecule has 21 nitrogen and oxygen atoms in total. The van der Waals surface area contributed by atoms with Crippen molar-refractivity contribution in [1.82, 2.24) is 51.5 Å². The molecule has 0 radical (unpaired) electrons. The molecule has 1 fully saturated rings. The van der Waals surface area contributed by atoms with Crippen molar-refractivity contribution in [2.24, 2.45) is 17.8 Å². The van der Waals surface area contributed by atoms with E-state index in [0.717, 1.165) is 32.1 Å². The van der Waals surface area contributed by atoms with Crippen molar-refractivity contribution < 1.29 is 46.8 Å². The van der Waals surface area contributed by atoms with E-state index < -0.39 is 98.1 Å². The third-order valence-corrected chi connectivity index (χ3v) is 12.3. The molecule has 60 heavy (non-hydrogen) atoms. The lowest BCUT2D eigenvalue weighted by molar-refractivity contribution is -0.141. The van der Waals surface area contributed by atoms with Gasteiger partial charge in [0, 0.05) is 19.3 Å². The molecule has 1 unspecified atom stereocenters. The largest absolute Gasteiger partial charge is 0.344 e. The maximum absolute atomic E-state index is 14.1. The number of aromatic nitrogens is 4. The molecule has 0 aliphatic heterocycles. The second kappa shape index (κ2) is 23.4. The quantitative estimate of drug-likeness (QED) is 0.0626. The Morgan fingerprint density at radius 3 is 2.08 bits per heavy atom. The van der Waals surface area contributed by atoms with Gasteiger partial charge in [0.2, 0.25) is 34.5 Å². The number of nitrogens with zero attached hydrogens (tertiary/aromatic N) is 4.